The van der Waals surface area contributed by atoms with Crippen LogP contribution in [0.2, 0.25) is 0 Å². The van der Waals surface area contributed by atoms with Gasteiger partial charge in [0.15, 0.2) is 5.82 Å². The molecule has 7 nitrogen and oxygen atoms in total. The smallest absolute Gasteiger partial charge is 0.227 e. The van der Waals surface area contributed by atoms with E-state index in [1.807, 2.05) is 24.3 Å². The molecule has 26 heavy (non-hydrogen) atoms. The summed E-state index contributed by atoms with van der Waals surface area (Å²) in [6.45, 7) is 0.328. The summed E-state index contributed by atoms with van der Waals surface area (Å²) in [5.74, 6) is 2.46. The molecule has 0 aliphatic heterocycles. The minimum Gasteiger partial charge on any atom is -0.327 e. The Morgan fingerprint density at radius 3 is 2.50 bits per heavy atom. The number of nitrogens with zero attached hydrogens (tertiary/aromatic N) is 2. The third-order valence-electron chi connectivity index (χ3n) is 5.92. The van der Waals surface area contributed by atoms with Gasteiger partial charge in [-0.3, -0.25) is 9.89 Å². The zero-order valence-corrected chi connectivity index (χ0v) is 14.8. The van der Waals surface area contributed by atoms with E-state index in [2.05, 4.69) is 20.5 Å². The molecule has 2 saturated carbocycles. The van der Waals surface area contributed by atoms with Crippen LogP contribution in [0.5, 0.6) is 0 Å². The fourth-order valence-corrected chi connectivity index (χ4v) is 4.47. The van der Waals surface area contributed by atoms with Crippen LogP contribution < -0.4 is 16.8 Å². The number of anilines is 1. The molecule has 2 aliphatic rings. The van der Waals surface area contributed by atoms with Gasteiger partial charge in [0.2, 0.25) is 5.91 Å². The third-order valence-corrected chi connectivity index (χ3v) is 5.92. The maximum absolute atomic E-state index is 12.7. The molecule has 2 bridgehead atoms. The molecule has 7 heteroatoms. The first-order valence-corrected chi connectivity index (χ1v) is 9.42. The molecule has 1 aromatic carbocycles. The van der Waals surface area contributed by atoms with Crippen molar-refractivity contribution in [2.24, 2.45) is 29.2 Å². The minimum absolute atomic E-state index is 0.0740. The molecule has 2 aromatic rings. The van der Waals surface area contributed by atoms with E-state index in [1.54, 1.807) is 0 Å². The number of rotatable bonds is 4. The molecular weight excluding hydrogens is 328 g/mol. The number of amides is 1. The van der Waals surface area contributed by atoms with E-state index in [-0.39, 0.29) is 17.9 Å². The number of nitrogens with two attached hydrogens (primary N) is 2. The van der Waals surface area contributed by atoms with Crippen molar-refractivity contribution in [3.63, 3.8) is 0 Å². The van der Waals surface area contributed by atoms with Crippen molar-refractivity contribution in [2.45, 2.75) is 44.7 Å². The first-order valence-electron chi connectivity index (χ1n) is 9.42. The monoisotopic (exact) mass is 354 g/mol. The molecule has 2 atom stereocenters. The zero-order chi connectivity index (χ0) is 18.1. The van der Waals surface area contributed by atoms with Gasteiger partial charge in [-0.25, -0.2) is 4.98 Å². The van der Waals surface area contributed by atoms with Gasteiger partial charge in [0.05, 0.1) is 6.54 Å². The molecule has 0 radical (unpaired) electrons. The molecule has 2 aliphatic carbocycles. The maximum Gasteiger partial charge on any atom is 0.227 e. The second-order valence-electron chi connectivity index (χ2n) is 7.57. The second kappa shape index (κ2) is 7.17. The molecule has 2 unspecified atom stereocenters. The highest BCUT2D eigenvalue weighted by Gasteiger charge is 2.40. The number of aromatic amines is 1. The average Bonchev–Trinajstić information content (AvgIpc) is 3.11. The van der Waals surface area contributed by atoms with Crippen molar-refractivity contribution in [3.05, 3.63) is 30.1 Å². The fraction of sp³-hybridized carbons (Fsp3) is 0.526. The van der Waals surface area contributed by atoms with Gasteiger partial charge in [-0.2, -0.15) is 5.10 Å². The van der Waals surface area contributed by atoms with Crippen LogP contribution in [0, 0.1) is 17.8 Å². The average molecular weight is 354 g/mol. The first-order chi connectivity index (χ1) is 12.6. The SMILES string of the molecule is NCc1nc(-c2ccc(NC(=O)C3CC4CCCC(C3)C4N)cc2)n[nH]1. The van der Waals surface area contributed by atoms with Crippen LogP contribution in [-0.4, -0.2) is 27.1 Å². The fourth-order valence-electron chi connectivity index (χ4n) is 4.47. The summed E-state index contributed by atoms with van der Waals surface area (Å²) in [7, 11) is 0. The summed E-state index contributed by atoms with van der Waals surface area (Å²) in [5, 5.41) is 10.0. The Morgan fingerprint density at radius 1 is 1.19 bits per heavy atom. The molecule has 0 saturated heterocycles. The van der Waals surface area contributed by atoms with Gasteiger partial charge < -0.3 is 16.8 Å². The van der Waals surface area contributed by atoms with Crippen molar-refractivity contribution in [2.75, 3.05) is 5.32 Å². The number of carbonyl (C=O) groups excluding carboxylic acids is 1. The number of carbonyl (C=O) groups is 1. The van der Waals surface area contributed by atoms with Crippen LogP contribution in [0.15, 0.2) is 24.3 Å². The quantitative estimate of drug-likeness (QED) is 0.669. The van der Waals surface area contributed by atoms with Crippen molar-refractivity contribution in [3.8, 4) is 11.4 Å². The molecule has 1 amide bonds. The Labute approximate surface area is 152 Å². The van der Waals surface area contributed by atoms with Gasteiger partial charge in [0.25, 0.3) is 0 Å². The predicted octanol–water partition coefficient (Wildman–Crippen LogP) is 2.02. The molecule has 6 N–H and O–H groups in total. The van der Waals surface area contributed by atoms with E-state index in [4.69, 9.17) is 11.5 Å². The van der Waals surface area contributed by atoms with Crippen LogP contribution in [0.3, 0.4) is 0 Å². The van der Waals surface area contributed by atoms with Gasteiger partial charge in [-0.05, 0) is 61.8 Å². The lowest BCUT2D eigenvalue weighted by atomic mass is 9.65. The van der Waals surface area contributed by atoms with Crippen molar-refractivity contribution < 1.29 is 4.79 Å². The Hall–Kier alpha value is -2.25. The van der Waals surface area contributed by atoms with E-state index in [0.29, 0.717) is 30.0 Å². The lowest BCUT2D eigenvalue weighted by Gasteiger charge is -2.43. The lowest BCUT2D eigenvalue weighted by Crippen LogP contribution is -2.48. The summed E-state index contributed by atoms with van der Waals surface area (Å²) < 4.78 is 0. The summed E-state index contributed by atoms with van der Waals surface area (Å²) >= 11 is 0. The Balaban J connectivity index is 1.40. The van der Waals surface area contributed by atoms with Crippen LogP contribution in [0.25, 0.3) is 11.4 Å². The highest BCUT2D eigenvalue weighted by atomic mass is 16.1. The van der Waals surface area contributed by atoms with Gasteiger partial charge in [0.1, 0.15) is 5.82 Å². The summed E-state index contributed by atoms with van der Waals surface area (Å²) in [4.78, 5) is 17.0. The van der Waals surface area contributed by atoms with Gasteiger partial charge >= 0.3 is 0 Å². The maximum atomic E-state index is 12.7. The Morgan fingerprint density at radius 2 is 1.88 bits per heavy atom. The largest absolute Gasteiger partial charge is 0.327 e. The second-order valence-corrected chi connectivity index (χ2v) is 7.57. The van der Waals surface area contributed by atoms with Crippen molar-refractivity contribution in [1.82, 2.24) is 15.2 Å². The molecule has 1 aromatic heterocycles. The van der Waals surface area contributed by atoms with Gasteiger partial charge in [0, 0.05) is 23.2 Å². The number of benzene rings is 1. The topological polar surface area (TPSA) is 123 Å². The van der Waals surface area contributed by atoms with Gasteiger partial charge in [-0.1, -0.05) is 6.42 Å². The lowest BCUT2D eigenvalue weighted by molar-refractivity contribution is -0.122. The zero-order valence-electron chi connectivity index (χ0n) is 14.8. The highest BCUT2D eigenvalue weighted by Crippen LogP contribution is 2.42. The van der Waals surface area contributed by atoms with Crippen molar-refractivity contribution >= 4 is 11.6 Å². The van der Waals surface area contributed by atoms with Crippen LogP contribution in [-0.2, 0) is 11.3 Å². The summed E-state index contributed by atoms with van der Waals surface area (Å²) in [5.41, 5.74) is 13.6. The van der Waals surface area contributed by atoms with Crippen LogP contribution >= 0.6 is 0 Å². The predicted molar refractivity (Wildman–Crippen MR) is 99.9 cm³/mol. The van der Waals surface area contributed by atoms with Crippen molar-refractivity contribution in [1.29, 1.82) is 0 Å². The Kier molecular flexibility index (Phi) is 4.74. The number of hydrogen-bond acceptors (Lipinski definition) is 5. The highest BCUT2D eigenvalue weighted by molar-refractivity contribution is 5.92. The van der Waals surface area contributed by atoms with E-state index in [9.17, 15) is 4.79 Å². The number of nitrogens with one attached hydrogen (secondary N) is 2. The van der Waals surface area contributed by atoms with Gasteiger partial charge in [-0.15, -0.1) is 0 Å². The molecular formula is C19H26N6O. The number of aromatic nitrogens is 3. The van der Waals surface area contributed by atoms with E-state index in [0.717, 1.165) is 36.9 Å². The molecule has 138 valence electrons. The summed E-state index contributed by atoms with van der Waals surface area (Å²) in [6, 6.07) is 7.88. The standard InChI is InChI=1S/C19H26N6O/c20-10-16-23-18(25-24-16)11-4-6-15(7-5-11)22-19(26)14-8-12-2-1-3-13(9-14)17(12)21/h4-7,12-14,17H,1-3,8-10,20-21H2,(H,22,26)(H,23,24,25). The normalized spacial score (nSPS) is 27.9. The minimum atomic E-state index is 0.0740. The number of hydrogen-bond donors (Lipinski definition) is 4. The first kappa shape index (κ1) is 17.2. The summed E-state index contributed by atoms with van der Waals surface area (Å²) in [6.07, 6.45) is 5.42. The Bertz CT molecular complexity index is 757. The van der Waals surface area contributed by atoms with E-state index < -0.39 is 0 Å². The number of fused-ring (bicyclic) bond motifs is 2. The molecule has 0 spiro atoms. The van der Waals surface area contributed by atoms with Crippen LogP contribution in [0.1, 0.15) is 37.9 Å². The molecule has 1 heterocycles. The molecule has 2 fully saturated rings. The van der Waals surface area contributed by atoms with E-state index >= 15 is 0 Å². The van der Waals surface area contributed by atoms with E-state index in [1.165, 1.54) is 6.42 Å². The van der Waals surface area contributed by atoms with Crippen LogP contribution in [0.4, 0.5) is 5.69 Å². The number of H-pyrrole nitrogens is 1. The molecule has 4 rings (SSSR count). The third kappa shape index (κ3) is 3.37.